The van der Waals surface area contributed by atoms with Crippen LogP contribution in [0.4, 0.5) is 26.3 Å². The highest BCUT2D eigenvalue weighted by Gasteiger charge is 2.39. The van der Waals surface area contributed by atoms with Gasteiger partial charge >= 0.3 is 12.4 Å². The Morgan fingerprint density at radius 3 is 1.94 bits per heavy atom. The SMILES string of the molecule is NCc1cc(C(F)(F)F)cc(C(F)(F)F)c1C=O. The summed E-state index contributed by atoms with van der Waals surface area (Å²) >= 11 is 0. The largest absolute Gasteiger partial charge is 0.417 e. The van der Waals surface area contributed by atoms with E-state index in [4.69, 9.17) is 5.73 Å². The molecule has 0 aliphatic rings. The molecule has 0 saturated heterocycles. The zero-order valence-electron chi connectivity index (χ0n) is 8.69. The number of aldehydes is 1. The molecule has 18 heavy (non-hydrogen) atoms. The molecule has 2 N–H and O–H groups in total. The Labute approximate surface area is 97.4 Å². The van der Waals surface area contributed by atoms with Crippen molar-refractivity contribution in [2.24, 2.45) is 5.73 Å². The molecule has 0 spiro atoms. The molecule has 0 saturated carbocycles. The summed E-state index contributed by atoms with van der Waals surface area (Å²) in [7, 11) is 0. The zero-order valence-corrected chi connectivity index (χ0v) is 8.69. The molecule has 0 aliphatic heterocycles. The molecule has 1 rings (SSSR count). The van der Waals surface area contributed by atoms with E-state index in [9.17, 15) is 31.1 Å². The van der Waals surface area contributed by atoms with Gasteiger partial charge < -0.3 is 5.73 Å². The highest BCUT2D eigenvalue weighted by molar-refractivity contribution is 5.80. The molecular formula is C10H7F6NO. The maximum atomic E-state index is 12.6. The Kier molecular flexibility index (Phi) is 3.70. The van der Waals surface area contributed by atoms with Crippen molar-refractivity contribution in [1.29, 1.82) is 0 Å². The van der Waals surface area contributed by atoms with E-state index in [2.05, 4.69) is 0 Å². The Bertz CT molecular complexity index is 463. The lowest BCUT2D eigenvalue weighted by Crippen LogP contribution is -2.16. The van der Waals surface area contributed by atoms with Crippen molar-refractivity contribution in [3.8, 4) is 0 Å². The van der Waals surface area contributed by atoms with Crippen LogP contribution in [0.15, 0.2) is 12.1 Å². The van der Waals surface area contributed by atoms with Crippen LogP contribution in [0.1, 0.15) is 27.0 Å². The van der Waals surface area contributed by atoms with Crippen LogP contribution in [-0.4, -0.2) is 6.29 Å². The molecule has 0 bridgehead atoms. The summed E-state index contributed by atoms with van der Waals surface area (Å²) in [5.41, 5.74) is 0.584. The summed E-state index contributed by atoms with van der Waals surface area (Å²) in [6, 6.07) is 0.349. The number of hydrogen-bond donors (Lipinski definition) is 1. The average Bonchev–Trinajstić information content (AvgIpc) is 2.24. The monoisotopic (exact) mass is 271 g/mol. The van der Waals surface area contributed by atoms with Gasteiger partial charge in [0.25, 0.3) is 0 Å². The number of nitrogens with two attached hydrogens (primary N) is 1. The van der Waals surface area contributed by atoms with Gasteiger partial charge in [0.15, 0.2) is 6.29 Å². The summed E-state index contributed by atoms with van der Waals surface area (Å²) < 4.78 is 74.9. The molecule has 1 aromatic carbocycles. The van der Waals surface area contributed by atoms with E-state index in [-0.39, 0.29) is 12.4 Å². The fourth-order valence-corrected chi connectivity index (χ4v) is 1.42. The third-order valence-corrected chi connectivity index (χ3v) is 2.24. The van der Waals surface area contributed by atoms with Crippen molar-refractivity contribution in [2.45, 2.75) is 18.9 Å². The lowest BCUT2D eigenvalue weighted by Gasteiger charge is -2.16. The minimum atomic E-state index is -5.05. The summed E-state index contributed by atoms with van der Waals surface area (Å²) in [5, 5.41) is 0. The lowest BCUT2D eigenvalue weighted by atomic mass is 9.97. The van der Waals surface area contributed by atoms with Crippen molar-refractivity contribution in [3.05, 3.63) is 34.4 Å². The first kappa shape index (κ1) is 14.5. The maximum Gasteiger partial charge on any atom is 0.417 e. The number of alkyl halides is 6. The summed E-state index contributed by atoms with van der Waals surface area (Å²) in [4.78, 5) is 10.6. The average molecular weight is 271 g/mol. The molecule has 0 radical (unpaired) electrons. The predicted octanol–water partition coefficient (Wildman–Crippen LogP) is 3.00. The van der Waals surface area contributed by atoms with Crippen LogP contribution in [0.2, 0.25) is 0 Å². The van der Waals surface area contributed by atoms with Crippen molar-refractivity contribution in [3.63, 3.8) is 0 Å². The van der Waals surface area contributed by atoms with Crippen LogP contribution in [0.5, 0.6) is 0 Å². The van der Waals surface area contributed by atoms with Crippen molar-refractivity contribution in [2.75, 3.05) is 0 Å². The number of benzene rings is 1. The van der Waals surface area contributed by atoms with Gasteiger partial charge in [0.05, 0.1) is 11.1 Å². The summed E-state index contributed by atoms with van der Waals surface area (Å²) in [6.07, 6.45) is -10.1. The van der Waals surface area contributed by atoms with Gasteiger partial charge in [0.2, 0.25) is 0 Å². The van der Waals surface area contributed by atoms with E-state index in [0.717, 1.165) is 0 Å². The molecule has 0 atom stereocenters. The molecule has 100 valence electrons. The van der Waals surface area contributed by atoms with E-state index in [0.29, 0.717) is 6.07 Å². The molecule has 0 aliphatic carbocycles. The van der Waals surface area contributed by atoms with Crippen LogP contribution in [0.3, 0.4) is 0 Å². The number of carbonyl (C=O) groups is 1. The topological polar surface area (TPSA) is 43.1 Å². The molecule has 0 unspecified atom stereocenters. The molecule has 0 amide bonds. The highest BCUT2D eigenvalue weighted by atomic mass is 19.4. The second kappa shape index (κ2) is 4.60. The molecule has 0 fully saturated rings. The van der Waals surface area contributed by atoms with Crippen LogP contribution in [0, 0.1) is 0 Å². The quantitative estimate of drug-likeness (QED) is 0.663. The lowest BCUT2D eigenvalue weighted by molar-refractivity contribution is -0.143. The Morgan fingerprint density at radius 2 is 1.61 bits per heavy atom. The van der Waals surface area contributed by atoms with E-state index < -0.39 is 41.2 Å². The third-order valence-electron chi connectivity index (χ3n) is 2.24. The van der Waals surface area contributed by atoms with Crippen LogP contribution < -0.4 is 5.73 Å². The molecule has 1 aromatic rings. The number of hydrogen-bond acceptors (Lipinski definition) is 2. The van der Waals surface area contributed by atoms with E-state index in [1.165, 1.54) is 0 Å². The Hall–Kier alpha value is -1.57. The first-order valence-electron chi connectivity index (χ1n) is 4.57. The van der Waals surface area contributed by atoms with Crippen LogP contribution in [0.25, 0.3) is 0 Å². The minimum Gasteiger partial charge on any atom is -0.326 e. The first-order chi connectivity index (χ1) is 8.11. The van der Waals surface area contributed by atoms with Crippen LogP contribution in [-0.2, 0) is 18.9 Å². The summed E-state index contributed by atoms with van der Waals surface area (Å²) in [5.74, 6) is 0. The standard InChI is InChI=1S/C10H7F6NO/c11-9(12,13)6-1-5(3-17)7(4-18)8(2-6)10(14,15)16/h1-2,4H,3,17H2. The van der Waals surface area contributed by atoms with Gasteiger partial charge in [-0.3, -0.25) is 4.79 Å². The van der Waals surface area contributed by atoms with E-state index >= 15 is 0 Å². The zero-order chi connectivity index (χ0) is 14.1. The van der Waals surface area contributed by atoms with Gasteiger partial charge in [-0.05, 0) is 17.7 Å². The van der Waals surface area contributed by atoms with Crippen LogP contribution >= 0.6 is 0 Å². The Morgan fingerprint density at radius 1 is 1.06 bits per heavy atom. The van der Waals surface area contributed by atoms with Crippen molar-refractivity contribution in [1.82, 2.24) is 0 Å². The van der Waals surface area contributed by atoms with E-state index in [1.807, 2.05) is 0 Å². The maximum absolute atomic E-state index is 12.6. The first-order valence-corrected chi connectivity index (χ1v) is 4.57. The van der Waals surface area contributed by atoms with Gasteiger partial charge in [-0.1, -0.05) is 0 Å². The van der Waals surface area contributed by atoms with Gasteiger partial charge in [-0.2, -0.15) is 26.3 Å². The number of rotatable bonds is 2. The summed E-state index contributed by atoms with van der Waals surface area (Å²) in [6.45, 7) is -0.596. The fraction of sp³-hybridized carbons (Fsp3) is 0.300. The molecule has 0 aromatic heterocycles. The third kappa shape index (κ3) is 2.81. The minimum absolute atomic E-state index is 0.0944. The second-order valence-electron chi connectivity index (χ2n) is 3.41. The second-order valence-corrected chi connectivity index (χ2v) is 3.41. The van der Waals surface area contributed by atoms with Gasteiger partial charge in [0, 0.05) is 12.1 Å². The molecule has 2 nitrogen and oxygen atoms in total. The van der Waals surface area contributed by atoms with Gasteiger partial charge in [0.1, 0.15) is 0 Å². The highest BCUT2D eigenvalue weighted by Crippen LogP contribution is 2.38. The molecule has 0 heterocycles. The van der Waals surface area contributed by atoms with E-state index in [1.54, 1.807) is 0 Å². The van der Waals surface area contributed by atoms with Gasteiger partial charge in [-0.25, -0.2) is 0 Å². The van der Waals surface area contributed by atoms with Crippen molar-refractivity contribution < 1.29 is 31.1 Å². The molecule has 8 heteroatoms. The van der Waals surface area contributed by atoms with Gasteiger partial charge in [-0.15, -0.1) is 0 Å². The Balaban J connectivity index is 3.62. The van der Waals surface area contributed by atoms with Crippen molar-refractivity contribution >= 4 is 6.29 Å². The normalized spacial score (nSPS) is 12.6. The smallest absolute Gasteiger partial charge is 0.326 e. The number of carbonyl (C=O) groups excluding carboxylic acids is 1. The molecular weight excluding hydrogens is 264 g/mol. The number of halogens is 6. The fourth-order valence-electron chi connectivity index (χ4n) is 1.42. The predicted molar refractivity (Wildman–Crippen MR) is 49.7 cm³/mol.